The second-order valence-electron chi connectivity index (χ2n) is 4.17. The van der Waals surface area contributed by atoms with Crippen LogP contribution in [0.1, 0.15) is 24.8 Å². The molecule has 2 rings (SSSR count). The standard InChI is InChI=1S/C13H14N2O2/c1-9(6-7-14)15-13(16)11-8-17-12-5-3-2-4-10(11)12/h2-5,9,11H,6,8H2,1H3,(H,15,16)/t9-,11-/m1/s1. The average molecular weight is 230 g/mol. The fourth-order valence-electron chi connectivity index (χ4n) is 1.91. The minimum atomic E-state index is -0.257. The summed E-state index contributed by atoms with van der Waals surface area (Å²) in [6.45, 7) is 2.20. The molecular weight excluding hydrogens is 216 g/mol. The number of carbonyl (C=O) groups excluding carboxylic acids is 1. The average Bonchev–Trinajstić information content (AvgIpc) is 2.72. The van der Waals surface area contributed by atoms with Crippen molar-refractivity contribution in [1.82, 2.24) is 5.32 Å². The Balaban J connectivity index is 2.06. The lowest BCUT2D eigenvalue weighted by molar-refractivity contribution is -0.123. The van der Waals surface area contributed by atoms with Crippen LogP contribution in [0.4, 0.5) is 0 Å². The quantitative estimate of drug-likeness (QED) is 0.857. The van der Waals surface area contributed by atoms with Crippen LogP contribution in [-0.4, -0.2) is 18.6 Å². The third-order valence-electron chi connectivity index (χ3n) is 2.80. The number of nitriles is 1. The maximum Gasteiger partial charge on any atom is 0.231 e. The molecule has 1 aliphatic heterocycles. The zero-order valence-corrected chi connectivity index (χ0v) is 9.64. The summed E-state index contributed by atoms with van der Waals surface area (Å²) in [5, 5.41) is 11.4. The molecule has 0 bridgehead atoms. The van der Waals surface area contributed by atoms with E-state index in [1.54, 1.807) is 0 Å². The van der Waals surface area contributed by atoms with Crippen LogP contribution >= 0.6 is 0 Å². The zero-order chi connectivity index (χ0) is 12.3. The van der Waals surface area contributed by atoms with Crippen molar-refractivity contribution in [3.8, 4) is 11.8 Å². The normalized spacial score (nSPS) is 18.7. The molecule has 2 atom stereocenters. The summed E-state index contributed by atoms with van der Waals surface area (Å²) in [5.74, 6) is 0.450. The summed E-state index contributed by atoms with van der Waals surface area (Å²) < 4.78 is 5.45. The first-order valence-corrected chi connectivity index (χ1v) is 5.61. The van der Waals surface area contributed by atoms with E-state index in [2.05, 4.69) is 5.32 Å². The number of fused-ring (bicyclic) bond motifs is 1. The van der Waals surface area contributed by atoms with Gasteiger partial charge in [0, 0.05) is 11.6 Å². The molecule has 0 saturated carbocycles. The predicted octanol–water partition coefficient (Wildman–Crippen LogP) is 1.58. The first kappa shape index (κ1) is 11.5. The number of para-hydroxylation sites is 1. The van der Waals surface area contributed by atoms with E-state index in [1.165, 1.54) is 0 Å². The van der Waals surface area contributed by atoms with E-state index in [0.29, 0.717) is 13.0 Å². The Bertz CT molecular complexity index is 465. The number of nitrogens with one attached hydrogen (secondary N) is 1. The summed E-state index contributed by atoms with van der Waals surface area (Å²) in [4.78, 5) is 12.0. The Morgan fingerprint density at radius 3 is 3.18 bits per heavy atom. The topological polar surface area (TPSA) is 62.1 Å². The number of ether oxygens (including phenoxy) is 1. The molecule has 1 aliphatic rings. The van der Waals surface area contributed by atoms with Crippen molar-refractivity contribution < 1.29 is 9.53 Å². The molecule has 0 fully saturated rings. The van der Waals surface area contributed by atoms with E-state index >= 15 is 0 Å². The fraction of sp³-hybridized carbons (Fsp3) is 0.385. The Hall–Kier alpha value is -2.02. The summed E-state index contributed by atoms with van der Waals surface area (Å²) >= 11 is 0. The molecule has 1 heterocycles. The van der Waals surface area contributed by atoms with Crippen LogP contribution in [0.25, 0.3) is 0 Å². The lowest BCUT2D eigenvalue weighted by atomic mass is 10.00. The summed E-state index contributed by atoms with van der Waals surface area (Å²) in [5.41, 5.74) is 0.925. The maximum absolute atomic E-state index is 12.0. The lowest BCUT2D eigenvalue weighted by Gasteiger charge is -2.14. The van der Waals surface area contributed by atoms with Crippen molar-refractivity contribution in [1.29, 1.82) is 5.26 Å². The molecule has 1 aromatic carbocycles. The van der Waals surface area contributed by atoms with Crippen LogP contribution in [0.5, 0.6) is 5.75 Å². The SMILES string of the molecule is C[C@H](CC#N)NC(=O)[C@@H]1COc2ccccc21. The van der Waals surface area contributed by atoms with Crippen molar-refractivity contribution in [2.75, 3.05) is 6.61 Å². The minimum absolute atomic E-state index is 0.0716. The molecule has 0 spiro atoms. The number of hydrogen-bond donors (Lipinski definition) is 1. The van der Waals surface area contributed by atoms with Gasteiger partial charge in [0.1, 0.15) is 18.3 Å². The molecule has 0 aliphatic carbocycles. The van der Waals surface area contributed by atoms with E-state index in [1.807, 2.05) is 37.3 Å². The van der Waals surface area contributed by atoms with Gasteiger partial charge in [-0.25, -0.2) is 0 Å². The molecule has 17 heavy (non-hydrogen) atoms. The van der Waals surface area contributed by atoms with Gasteiger partial charge < -0.3 is 10.1 Å². The number of benzene rings is 1. The molecule has 0 radical (unpaired) electrons. The number of amides is 1. The Kier molecular flexibility index (Phi) is 3.29. The number of hydrogen-bond acceptors (Lipinski definition) is 3. The second kappa shape index (κ2) is 4.88. The Morgan fingerprint density at radius 1 is 1.65 bits per heavy atom. The maximum atomic E-state index is 12.0. The zero-order valence-electron chi connectivity index (χ0n) is 9.64. The molecular formula is C13H14N2O2. The van der Waals surface area contributed by atoms with Crippen molar-refractivity contribution in [2.45, 2.75) is 25.3 Å². The monoisotopic (exact) mass is 230 g/mol. The molecule has 1 aromatic rings. The van der Waals surface area contributed by atoms with Crippen molar-refractivity contribution >= 4 is 5.91 Å². The third-order valence-corrected chi connectivity index (χ3v) is 2.80. The van der Waals surface area contributed by atoms with E-state index in [9.17, 15) is 4.79 Å². The van der Waals surface area contributed by atoms with Gasteiger partial charge in [-0.1, -0.05) is 18.2 Å². The highest BCUT2D eigenvalue weighted by atomic mass is 16.5. The van der Waals surface area contributed by atoms with Gasteiger partial charge in [-0.15, -0.1) is 0 Å². The van der Waals surface area contributed by atoms with Gasteiger partial charge in [-0.2, -0.15) is 5.26 Å². The molecule has 0 unspecified atom stereocenters. The second-order valence-corrected chi connectivity index (χ2v) is 4.17. The largest absolute Gasteiger partial charge is 0.492 e. The highest BCUT2D eigenvalue weighted by molar-refractivity contribution is 5.85. The Labute approximate surface area is 100 Å². The smallest absolute Gasteiger partial charge is 0.231 e. The van der Waals surface area contributed by atoms with E-state index in [-0.39, 0.29) is 17.9 Å². The molecule has 0 aromatic heterocycles. The number of nitrogens with zero attached hydrogens (tertiary/aromatic N) is 1. The van der Waals surface area contributed by atoms with Gasteiger partial charge in [0.05, 0.1) is 12.5 Å². The summed E-state index contributed by atoms with van der Waals surface area (Å²) in [6.07, 6.45) is 0.320. The number of carbonyl (C=O) groups is 1. The lowest BCUT2D eigenvalue weighted by Crippen LogP contribution is -2.36. The minimum Gasteiger partial charge on any atom is -0.492 e. The number of rotatable bonds is 3. The molecule has 1 amide bonds. The molecule has 4 heteroatoms. The van der Waals surface area contributed by atoms with E-state index in [4.69, 9.17) is 10.00 Å². The fourth-order valence-corrected chi connectivity index (χ4v) is 1.91. The highest BCUT2D eigenvalue weighted by Gasteiger charge is 2.30. The Morgan fingerprint density at radius 2 is 2.41 bits per heavy atom. The van der Waals surface area contributed by atoms with Crippen LogP contribution in [0.2, 0.25) is 0 Å². The van der Waals surface area contributed by atoms with Gasteiger partial charge in [-0.05, 0) is 13.0 Å². The van der Waals surface area contributed by atoms with Crippen molar-refractivity contribution in [3.05, 3.63) is 29.8 Å². The van der Waals surface area contributed by atoms with Gasteiger partial charge >= 0.3 is 0 Å². The van der Waals surface area contributed by atoms with Crippen LogP contribution in [0.15, 0.2) is 24.3 Å². The van der Waals surface area contributed by atoms with E-state index < -0.39 is 0 Å². The molecule has 0 saturated heterocycles. The van der Waals surface area contributed by atoms with Crippen LogP contribution in [0, 0.1) is 11.3 Å². The van der Waals surface area contributed by atoms with Crippen molar-refractivity contribution in [2.24, 2.45) is 0 Å². The third kappa shape index (κ3) is 2.39. The summed E-state index contributed by atoms with van der Waals surface area (Å²) in [6, 6.07) is 9.46. The first-order valence-electron chi connectivity index (χ1n) is 5.61. The van der Waals surface area contributed by atoms with Crippen molar-refractivity contribution in [3.63, 3.8) is 0 Å². The molecule has 4 nitrogen and oxygen atoms in total. The van der Waals surface area contributed by atoms with E-state index in [0.717, 1.165) is 11.3 Å². The van der Waals surface area contributed by atoms with Gasteiger partial charge in [0.25, 0.3) is 0 Å². The van der Waals surface area contributed by atoms with Gasteiger partial charge in [0.2, 0.25) is 5.91 Å². The molecule has 1 N–H and O–H groups in total. The first-order chi connectivity index (χ1) is 8.22. The molecule has 88 valence electrons. The van der Waals surface area contributed by atoms with Crippen LogP contribution in [0.3, 0.4) is 0 Å². The van der Waals surface area contributed by atoms with Crippen LogP contribution in [-0.2, 0) is 4.79 Å². The van der Waals surface area contributed by atoms with Gasteiger partial charge in [0.15, 0.2) is 0 Å². The highest BCUT2D eigenvalue weighted by Crippen LogP contribution is 2.33. The van der Waals surface area contributed by atoms with Crippen LogP contribution < -0.4 is 10.1 Å². The predicted molar refractivity (Wildman–Crippen MR) is 62.5 cm³/mol. The summed E-state index contributed by atoms with van der Waals surface area (Å²) in [7, 11) is 0. The van der Waals surface area contributed by atoms with Gasteiger partial charge in [-0.3, -0.25) is 4.79 Å².